The van der Waals surface area contributed by atoms with Gasteiger partial charge in [0.1, 0.15) is 0 Å². The molecular formula is C26H37N3O5S. The highest BCUT2D eigenvalue weighted by atomic mass is 32.2. The normalized spacial score (nSPS) is 21.2. The SMILES string of the molecule is CCCCC1(CCCC)[C@H](O)[C@H](c2cccc([N+](=O)[O-])c2)c2cc(N(C)C)ccc2S(=O)(=O)N1C. The number of anilines is 1. The van der Waals surface area contributed by atoms with E-state index in [1.807, 2.05) is 32.8 Å². The molecule has 35 heavy (non-hydrogen) atoms. The Kier molecular flexibility index (Phi) is 8.24. The van der Waals surface area contributed by atoms with Crippen molar-refractivity contribution in [2.75, 3.05) is 26.0 Å². The number of sulfonamides is 1. The van der Waals surface area contributed by atoms with E-state index in [-0.39, 0.29) is 10.6 Å². The van der Waals surface area contributed by atoms with Crippen molar-refractivity contribution in [1.82, 2.24) is 4.31 Å². The molecule has 192 valence electrons. The Morgan fingerprint density at radius 2 is 1.71 bits per heavy atom. The second-order valence-corrected chi connectivity index (χ2v) is 11.6. The summed E-state index contributed by atoms with van der Waals surface area (Å²) in [5, 5.41) is 23.8. The third-order valence-electron chi connectivity index (χ3n) is 7.34. The van der Waals surface area contributed by atoms with E-state index in [1.54, 1.807) is 37.4 Å². The number of benzene rings is 2. The van der Waals surface area contributed by atoms with E-state index in [4.69, 9.17) is 0 Å². The lowest BCUT2D eigenvalue weighted by Gasteiger charge is -2.45. The van der Waals surface area contributed by atoms with E-state index < -0.39 is 32.5 Å². The summed E-state index contributed by atoms with van der Waals surface area (Å²) in [6.07, 6.45) is 3.12. The number of aliphatic hydroxyl groups excluding tert-OH is 1. The number of nitro groups is 1. The van der Waals surface area contributed by atoms with Crippen LogP contribution in [0.4, 0.5) is 11.4 Å². The van der Waals surface area contributed by atoms with Crippen LogP contribution in [-0.4, -0.2) is 55.5 Å². The average molecular weight is 504 g/mol. The van der Waals surface area contributed by atoms with E-state index >= 15 is 0 Å². The van der Waals surface area contributed by atoms with Crippen molar-refractivity contribution < 1.29 is 18.4 Å². The van der Waals surface area contributed by atoms with E-state index in [0.29, 0.717) is 24.0 Å². The summed E-state index contributed by atoms with van der Waals surface area (Å²) in [5.41, 5.74) is 0.655. The largest absolute Gasteiger partial charge is 0.390 e. The molecule has 2 atom stereocenters. The molecule has 0 fully saturated rings. The molecule has 0 unspecified atom stereocenters. The Labute approximate surface area is 208 Å². The van der Waals surface area contributed by atoms with Crippen molar-refractivity contribution in [3.05, 3.63) is 63.7 Å². The minimum absolute atomic E-state index is 0.0896. The molecule has 2 aromatic carbocycles. The zero-order chi connectivity index (χ0) is 26.0. The number of unbranched alkanes of at least 4 members (excludes halogenated alkanes) is 2. The summed E-state index contributed by atoms with van der Waals surface area (Å²) in [4.78, 5) is 13.1. The van der Waals surface area contributed by atoms with Crippen molar-refractivity contribution in [3.63, 3.8) is 0 Å². The van der Waals surface area contributed by atoms with Crippen LogP contribution < -0.4 is 4.90 Å². The molecule has 3 rings (SSSR count). The van der Waals surface area contributed by atoms with Crippen LogP contribution in [0.5, 0.6) is 0 Å². The van der Waals surface area contributed by atoms with Gasteiger partial charge >= 0.3 is 0 Å². The number of hydrogen-bond donors (Lipinski definition) is 1. The first kappa shape index (κ1) is 27.1. The van der Waals surface area contributed by atoms with Gasteiger partial charge in [-0.2, -0.15) is 4.31 Å². The maximum atomic E-state index is 14.0. The molecule has 0 bridgehead atoms. The van der Waals surface area contributed by atoms with Crippen molar-refractivity contribution in [2.24, 2.45) is 0 Å². The van der Waals surface area contributed by atoms with Crippen LogP contribution in [-0.2, 0) is 10.0 Å². The molecular weight excluding hydrogens is 466 g/mol. The van der Waals surface area contributed by atoms with E-state index in [0.717, 1.165) is 31.4 Å². The quantitative estimate of drug-likeness (QED) is 0.385. The van der Waals surface area contributed by atoms with Crippen LogP contribution in [0.15, 0.2) is 47.4 Å². The van der Waals surface area contributed by atoms with Crippen LogP contribution in [0.25, 0.3) is 0 Å². The first-order valence-electron chi connectivity index (χ1n) is 12.2. The Morgan fingerprint density at radius 3 is 2.26 bits per heavy atom. The highest BCUT2D eigenvalue weighted by Crippen LogP contribution is 2.48. The lowest BCUT2D eigenvalue weighted by atomic mass is 9.72. The Hall–Kier alpha value is -2.49. The summed E-state index contributed by atoms with van der Waals surface area (Å²) in [6, 6.07) is 11.4. The van der Waals surface area contributed by atoms with Gasteiger partial charge in [0, 0.05) is 44.9 Å². The van der Waals surface area contributed by atoms with Crippen molar-refractivity contribution in [2.45, 2.75) is 74.8 Å². The van der Waals surface area contributed by atoms with Crippen molar-refractivity contribution in [1.29, 1.82) is 0 Å². The number of aliphatic hydroxyl groups is 1. The molecule has 0 spiro atoms. The molecule has 0 aliphatic carbocycles. The topological polar surface area (TPSA) is 104 Å². The lowest BCUT2D eigenvalue weighted by Crippen LogP contribution is -2.57. The number of nitrogens with zero attached hydrogens (tertiary/aromatic N) is 3. The van der Waals surface area contributed by atoms with Crippen LogP contribution in [0.1, 0.15) is 69.4 Å². The average Bonchev–Trinajstić information content (AvgIpc) is 2.88. The number of non-ortho nitro benzene ring substituents is 1. The minimum atomic E-state index is -3.95. The van der Waals surface area contributed by atoms with Gasteiger partial charge in [-0.15, -0.1) is 0 Å². The fraction of sp³-hybridized carbons (Fsp3) is 0.538. The monoisotopic (exact) mass is 503 g/mol. The molecule has 0 saturated carbocycles. The number of rotatable bonds is 9. The Bertz CT molecular complexity index is 1160. The number of likely N-dealkylation sites (N-methyl/N-ethyl adjacent to an activating group) is 1. The van der Waals surface area contributed by atoms with Gasteiger partial charge in [-0.05, 0) is 42.2 Å². The first-order valence-corrected chi connectivity index (χ1v) is 13.7. The first-order chi connectivity index (χ1) is 16.5. The molecule has 0 aromatic heterocycles. The summed E-state index contributed by atoms with van der Waals surface area (Å²) in [5.74, 6) is -0.752. The maximum Gasteiger partial charge on any atom is 0.269 e. The Balaban J connectivity index is 2.40. The smallest absolute Gasteiger partial charge is 0.269 e. The summed E-state index contributed by atoms with van der Waals surface area (Å²) < 4.78 is 29.5. The fourth-order valence-corrected chi connectivity index (χ4v) is 7.03. The van der Waals surface area contributed by atoms with E-state index in [9.17, 15) is 23.6 Å². The summed E-state index contributed by atoms with van der Waals surface area (Å²) >= 11 is 0. The second-order valence-electron chi connectivity index (χ2n) is 9.67. The molecule has 0 radical (unpaired) electrons. The van der Waals surface area contributed by atoms with Gasteiger partial charge < -0.3 is 10.0 Å². The standard InChI is InChI=1S/C26H37N3O5S/c1-6-8-15-26(16-9-7-2)25(30)24(19-11-10-12-21(17-19)29(31)32)22-18-20(27(3)4)13-14-23(22)35(33,34)28(26)5/h10-14,17-18,24-25,30H,6-9,15-16H2,1-5H3/t24-,25-/m1/s1. The number of hydrogen-bond acceptors (Lipinski definition) is 6. The third-order valence-corrected chi connectivity index (χ3v) is 9.36. The molecule has 1 aliphatic heterocycles. The van der Waals surface area contributed by atoms with Gasteiger partial charge in [-0.25, -0.2) is 8.42 Å². The lowest BCUT2D eigenvalue weighted by molar-refractivity contribution is -0.384. The third kappa shape index (κ3) is 4.94. The molecule has 1 N–H and O–H groups in total. The van der Waals surface area contributed by atoms with Gasteiger partial charge in [0.25, 0.3) is 5.69 Å². The van der Waals surface area contributed by atoms with Crippen molar-refractivity contribution in [3.8, 4) is 0 Å². The predicted molar refractivity (Wildman–Crippen MR) is 138 cm³/mol. The highest BCUT2D eigenvalue weighted by Gasteiger charge is 2.53. The fourth-order valence-electron chi connectivity index (χ4n) is 5.24. The summed E-state index contributed by atoms with van der Waals surface area (Å²) in [6.45, 7) is 4.09. The maximum absolute atomic E-state index is 14.0. The zero-order valence-electron chi connectivity index (χ0n) is 21.3. The van der Waals surface area contributed by atoms with Crippen LogP contribution in [0, 0.1) is 10.1 Å². The molecule has 9 heteroatoms. The van der Waals surface area contributed by atoms with E-state index in [1.165, 1.54) is 16.4 Å². The molecule has 1 heterocycles. The predicted octanol–water partition coefficient (Wildman–Crippen LogP) is 4.91. The minimum Gasteiger partial charge on any atom is -0.390 e. The molecule has 0 amide bonds. The van der Waals surface area contributed by atoms with Gasteiger partial charge in [0.05, 0.1) is 21.5 Å². The van der Waals surface area contributed by atoms with Gasteiger partial charge in [0.2, 0.25) is 10.0 Å². The zero-order valence-corrected chi connectivity index (χ0v) is 22.1. The van der Waals surface area contributed by atoms with Crippen LogP contribution >= 0.6 is 0 Å². The van der Waals surface area contributed by atoms with Crippen LogP contribution in [0.3, 0.4) is 0 Å². The van der Waals surface area contributed by atoms with Crippen LogP contribution in [0.2, 0.25) is 0 Å². The molecule has 8 nitrogen and oxygen atoms in total. The molecule has 2 aromatic rings. The van der Waals surface area contributed by atoms with Gasteiger partial charge in [0.15, 0.2) is 0 Å². The molecule has 1 aliphatic rings. The second kappa shape index (κ2) is 10.6. The number of nitro benzene ring substituents is 1. The van der Waals surface area contributed by atoms with Gasteiger partial charge in [-0.3, -0.25) is 10.1 Å². The van der Waals surface area contributed by atoms with Gasteiger partial charge in [-0.1, -0.05) is 51.7 Å². The number of fused-ring (bicyclic) bond motifs is 1. The van der Waals surface area contributed by atoms with Crippen molar-refractivity contribution >= 4 is 21.4 Å². The highest BCUT2D eigenvalue weighted by molar-refractivity contribution is 7.89. The van der Waals surface area contributed by atoms with E-state index in [2.05, 4.69) is 0 Å². The Morgan fingerprint density at radius 1 is 1.09 bits per heavy atom. The summed E-state index contributed by atoms with van der Waals surface area (Å²) in [7, 11) is 1.36. The molecule has 0 saturated heterocycles.